The van der Waals surface area contributed by atoms with Crippen LogP contribution in [0.15, 0.2) is 30.3 Å². The van der Waals surface area contributed by atoms with Crippen LogP contribution in [0.25, 0.3) is 0 Å². The Kier molecular flexibility index (Phi) is 5.32. The number of aliphatic hydroxyl groups excluding tert-OH is 1. The second-order valence-electron chi connectivity index (χ2n) is 6.59. The number of aliphatic hydroxyl groups is 1. The van der Waals surface area contributed by atoms with Crippen molar-refractivity contribution >= 4 is 8.32 Å². The molecule has 0 radical (unpaired) electrons. The van der Waals surface area contributed by atoms with Gasteiger partial charge >= 0.3 is 0 Å². The summed E-state index contributed by atoms with van der Waals surface area (Å²) in [5, 5.41) is 10.4. The van der Waals surface area contributed by atoms with Gasteiger partial charge in [-0.1, -0.05) is 51.1 Å². The standard InChI is InChI=1S/C15H27NO2Si/c1-15(2,3)19(4,5)18-11-13(16)14(17)12-9-7-6-8-10-12/h6-10,13-14,17H,11,16H2,1-5H3/t13-,14?/m0/s1. The predicted octanol–water partition coefficient (Wildman–Crippen LogP) is 3.07. The van der Waals surface area contributed by atoms with Gasteiger partial charge in [0, 0.05) is 0 Å². The van der Waals surface area contributed by atoms with Crippen molar-refractivity contribution in [2.75, 3.05) is 6.61 Å². The van der Waals surface area contributed by atoms with Crippen molar-refractivity contribution in [3.05, 3.63) is 35.9 Å². The van der Waals surface area contributed by atoms with Gasteiger partial charge < -0.3 is 15.3 Å². The van der Waals surface area contributed by atoms with Crippen molar-refractivity contribution in [2.24, 2.45) is 5.73 Å². The molecule has 3 N–H and O–H groups in total. The average Bonchev–Trinajstić information content (AvgIpc) is 2.35. The van der Waals surface area contributed by atoms with Gasteiger partial charge in [-0.15, -0.1) is 0 Å². The Morgan fingerprint density at radius 2 is 1.74 bits per heavy atom. The van der Waals surface area contributed by atoms with Crippen LogP contribution in [-0.2, 0) is 4.43 Å². The zero-order chi connectivity index (χ0) is 14.7. The summed E-state index contributed by atoms with van der Waals surface area (Å²) in [5.74, 6) is 0. The number of rotatable bonds is 5. The molecule has 0 aliphatic heterocycles. The van der Waals surface area contributed by atoms with Gasteiger partial charge in [-0.2, -0.15) is 0 Å². The number of hydrogen-bond acceptors (Lipinski definition) is 3. The third-order valence-electron chi connectivity index (χ3n) is 3.99. The van der Waals surface area contributed by atoms with Crippen LogP contribution in [0.5, 0.6) is 0 Å². The third kappa shape index (κ3) is 4.42. The van der Waals surface area contributed by atoms with Crippen molar-refractivity contribution in [2.45, 2.75) is 51.0 Å². The Labute approximate surface area is 117 Å². The highest BCUT2D eigenvalue weighted by Crippen LogP contribution is 2.36. The van der Waals surface area contributed by atoms with Gasteiger partial charge in [-0.25, -0.2) is 0 Å². The topological polar surface area (TPSA) is 55.5 Å². The molecular weight excluding hydrogens is 254 g/mol. The van der Waals surface area contributed by atoms with Gasteiger partial charge in [-0.3, -0.25) is 0 Å². The molecule has 1 aromatic carbocycles. The van der Waals surface area contributed by atoms with Gasteiger partial charge in [0.25, 0.3) is 0 Å². The van der Waals surface area contributed by atoms with Crippen molar-refractivity contribution in [3.63, 3.8) is 0 Å². The Morgan fingerprint density at radius 3 is 2.21 bits per heavy atom. The summed E-state index contributed by atoms with van der Waals surface area (Å²) in [7, 11) is -1.81. The molecule has 4 heteroatoms. The lowest BCUT2D eigenvalue weighted by atomic mass is 10.0. The molecule has 0 spiro atoms. The molecule has 2 atom stereocenters. The van der Waals surface area contributed by atoms with E-state index in [-0.39, 0.29) is 5.04 Å². The van der Waals surface area contributed by atoms with Crippen LogP contribution in [0.4, 0.5) is 0 Å². The summed E-state index contributed by atoms with van der Waals surface area (Å²) in [6, 6.07) is 9.11. The first-order valence-electron chi connectivity index (χ1n) is 6.78. The van der Waals surface area contributed by atoms with Gasteiger partial charge in [0.15, 0.2) is 8.32 Å². The minimum Gasteiger partial charge on any atom is -0.415 e. The molecule has 0 amide bonds. The average molecular weight is 281 g/mol. The lowest BCUT2D eigenvalue weighted by molar-refractivity contribution is 0.112. The maximum atomic E-state index is 10.2. The molecule has 0 saturated carbocycles. The molecule has 108 valence electrons. The van der Waals surface area contributed by atoms with Gasteiger partial charge in [-0.05, 0) is 23.7 Å². The number of benzene rings is 1. The summed E-state index contributed by atoms with van der Waals surface area (Å²) in [6.07, 6.45) is -0.675. The van der Waals surface area contributed by atoms with Crippen LogP contribution in [0.3, 0.4) is 0 Å². The van der Waals surface area contributed by atoms with Gasteiger partial charge in [0.2, 0.25) is 0 Å². The maximum absolute atomic E-state index is 10.2. The van der Waals surface area contributed by atoms with E-state index in [2.05, 4.69) is 33.9 Å². The van der Waals surface area contributed by atoms with Crippen molar-refractivity contribution in [1.82, 2.24) is 0 Å². The quantitative estimate of drug-likeness (QED) is 0.816. The lowest BCUT2D eigenvalue weighted by Gasteiger charge is -2.37. The van der Waals surface area contributed by atoms with E-state index in [1.807, 2.05) is 30.3 Å². The summed E-state index contributed by atoms with van der Waals surface area (Å²) >= 11 is 0. The Balaban J connectivity index is 2.59. The van der Waals surface area contributed by atoms with Crippen LogP contribution in [0, 0.1) is 0 Å². The fourth-order valence-electron chi connectivity index (χ4n) is 1.51. The second-order valence-corrected chi connectivity index (χ2v) is 11.4. The van der Waals surface area contributed by atoms with E-state index in [0.717, 1.165) is 5.56 Å². The first kappa shape index (κ1) is 16.4. The highest BCUT2D eigenvalue weighted by atomic mass is 28.4. The van der Waals surface area contributed by atoms with E-state index in [4.69, 9.17) is 10.2 Å². The van der Waals surface area contributed by atoms with E-state index >= 15 is 0 Å². The molecule has 1 rings (SSSR count). The van der Waals surface area contributed by atoms with Crippen LogP contribution in [-0.4, -0.2) is 26.1 Å². The Hall–Kier alpha value is -0.683. The maximum Gasteiger partial charge on any atom is 0.192 e. The monoisotopic (exact) mass is 281 g/mol. The van der Waals surface area contributed by atoms with E-state index in [1.54, 1.807) is 0 Å². The summed E-state index contributed by atoms with van der Waals surface area (Å²) < 4.78 is 6.05. The van der Waals surface area contributed by atoms with E-state index in [0.29, 0.717) is 6.61 Å². The van der Waals surface area contributed by atoms with Crippen molar-refractivity contribution in [3.8, 4) is 0 Å². The molecule has 1 aromatic rings. The Morgan fingerprint density at radius 1 is 1.21 bits per heavy atom. The summed E-state index contributed by atoms with van der Waals surface area (Å²) in [4.78, 5) is 0. The second kappa shape index (κ2) is 6.18. The zero-order valence-corrected chi connectivity index (χ0v) is 13.7. The molecule has 0 aliphatic carbocycles. The summed E-state index contributed by atoms with van der Waals surface area (Å²) in [5.41, 5.74) is 6.89. The number of nitrogens with two attached hydrogens (primary N) is 1. The minimum absolute atomic E-state index is 0.157. The first-order chi connectivity index (χ1) is 8.65. The van der Waals surface area contributed by atoms with Crippen LogP contribution in [0.1, 0.15) is 32.4 Å². The van der Waals surface area contributed by atoms with Crippen LogP contribution < -0.4 is 5.73 Å². The molecule has 0 bridgehead atoms. The normalized spacial score (nSPS) is 16.2. The molecule has 3 nitrogen and oxygen atoms in total. The van der Waals surface area contributed by atoms with Crippen molar-refractivity contribution in [1.29, 1.82) is 0 Å². The van der Waals surface area contributed by atoms with Crippen LogP contribution >= 0.6 is 0 Å². The third-order valence-corrected chi connectivity index (χ3v) is 8.49. The highest BCUT2D eigenvalue weighted by molar-refractivity contribution is 6.74. The predicted molar refractivity (Wildman–Crippen MR) is 82.5 cm³/mol. The number of hydrogen-bond donors (Lipinski definition) is 2. The molecule has 0 heterocycles. The van der Waals surface area contributed by atoms with Gasteiger partial charge in [0.05, 0.1) is 18.8 Å². The fourth-order valence-corrected chi connectivity index (χ4v) is 2.55. The molecule has 0 saturated heterocycles. The fraction of sp³-hybridized carbons (Fsp3) is 0.600. The summed E-state index contributed by atoms with van der Waals surface area (Å²) in [6.45, 7) is 11.4. The van der Waals surface area contributed by atoms with E-state index in [1.165, 1.54) is 0 Å². The molecule has 19 heavy (non-hydrogen) atoms. The lowest BCUT2D eigenvalue weighted by Crippen LogP contribution is -2.45. The molecule has 1 unspecified atom stereocenters. The smallest absolute Gasteiger partial charge is 0.192 e. The SMILES string of the molecule is CC(C)(C)[Si](C)(C)OC[C@H](N)C(O)c1ccccc1. The van der Waals surface area contributed by atoms with Crippen molar-refractivity contribution < 1.29 is 9.53 Å². The van der Waals surface area contributed by atoms with Crippen LogP contribution in [0.2, 0.25) is 18.1 Å². The first-order valence-corrected chi connectivity index (χ1v) is 9.68. The largest absolute Gasteiger partial charge is 0.415 e. The molecule has 0 fully saturated rings. The van der Waals surface area contributed by atoms with E-state index in [9.17, 15) is 5.11 Å². The molecule has 0 aromatic heterocycles. The highest BCUT2D eigenvalue weighted by Gasteiger charge is 2.37. The van der Waals surface area contributed by atoms with Gasteiger partial charge in [0.1, 0.15) is 0 Å². The molecular formula is C15H27NO2Si. The molecule has 0 aliphatic rings. The van der Waals surface area contributed by atoms with E-state index < -0.39 is 20.5 Å². The Bertz CT molecular complexity index is 387. The minimum atomic E-state index is -1.81. The zero-order valence-electron chi connectivity index (χ0n) is 12.7.